The molecule has 6 heteroatoms. The van der Waals surface area contributed by atoms with Gasteiger partial charge >= 0.3 is 0 Å². The number of aliphatic hydroxyl groups excluding tert-OH is 1. The highest BCUT2D eigenvalue weighted by molar-refractivity contribution is 5.94. The van der Waals surface area contributed by atoms with Gasteiger partial charge in [0, 0.05) is 37.2 Å². The quantitative estimate of drug-likeness (QED) is 0.642. The molecule has 2 N–H and O–H groups in total. The number of aromatic nitrogens is 1. The van der Waals surface area contributed by atoms with E-state index in [1.807, 2.05) is 30.0 Å². The van der Waals surface area contributed by atoms with Gasteiger partial charge in [-0.1, -0.05) is 18.2 Å². The number of likely N-dealkylation sites (tertiary alicyclic amines) is 1. The number of benzene rings is 2. The number of piperidine rings is 1. The third-order valence-corrected chi connectivity index (χ3v) is 7.17. The summed E-state index contributed by atoms with van der Waals surface area (Å²) in [5.41, 5.74) is 3.62. The van der Waals surface area contributed by atoms with E-state index in [4.69, 9.17) is 4.74 Å². The number of aliphatic hydroxyl groups is 2. The summed E-state index contributed by atoms with van der Waals surface area (Å²) in [5, 5.41) is 19.9. The summed E-state index contributed by atoms with van der Waals surface area (Å²) in [6, 6.07) is 17.7. The second-order valence-corrected chi connectivity index (χ2v) is 9.51. The average molecular weight is 447 g/mol. The lowest BCUT2D eigenvalue weighted by Crippen LogP contribution is -2.50. The second kappa shape index (κ2) is 7.75. The summed E-state index contributed by atoms with van der Waals surface area (Å²) < 4.78 is 8.89. The maximum absolute atomic E-state index is 13.3. The normalized spacial score (nSPS) is 18.3. The highest BCUT2D eigenvalue weighted by Crippen LogP contribution is 2.45. The maximum atomic E-state index is 13.3. The summed E-state index contributed by atoms with van der Waals surface area (Å²) in [6.45, 7) is 6.35. The molecule has 3 heterocycles. The SMILES string of the molecule is Cc1cc(C(=O)N2CCC3(CC2)Oc2ccccc2-n2c(C)ccc23)ccc1[C@@](C)(O)CO. The topological polar surface area (TPSA) is 74.9 Å². The zero-order valence-corrected chi connectivity index (χ0v) is 19.3. The molecule has 1 aromatic heterocycles. The third kappa shape index (κ3) is 3.45. The van der Waals surface area contributed by atoms with Crippen LogP contribution in [-0.2, 0) is 11.2 Å². The smallest absolute Gasteiger partial charge is 0.253 e. The summed E-state index contributed by atoms with van der Waals surface area (Å²) in [7, 11) is 0. The van der Waals surface area contributed by atoms with Crippen LogP contribution in [0.5, 0.6) is 5.75 Å². The van der Waals surface area contributed by atoms with Crippen LogP contribution in [0.2, 0.25) is 0 Å². The van der Waals surface area contributed by atoms with Crippen LogP contribution in [-0.4, -0.2) is 45.3 Å². The van der Waals surface area contributed by atoms with E-state index in [2.05, 4.69) is 29.7 Å². The van der Waals surface area contributed by atoms with Gasteiger partial charge < -0.3 is 24.4 Å². The Balaban J connectivity index is 1.38. The molecule has 3 aromatic rings. The first kappa shape index (κ1) is 21.7. The molecule has 1 amide bonds. The van der Waals surface area contributed by atoms with Crippen LogP contribution < -0.4 is 4.74 Å². The van der Waals surface area contributed by atoms with Gasteiger partial charge in [0.15, 0.2) is 5.60 Å². The summed E-state index contributed by atoms with van der Waals surface area (Å²) in [4.78, 5) is 15.2. The lowest BCUT2D eigenvalue weighted by Gasteiger charge is -2.45. The number of ether oxygens (including phenoxy) is 1. The molecule has 2 aromatic carbocycles. The van der Waals surface area contributed by atoms with E-state index in [1.54, 1.807) is 25.1 Å². The number of hydrogen-bond donors (Lipinski definition) is 2. The fourth-order valence-electron chi connectivity index (χ4n) is 5.30. The standard InChI is InChI=1S/C27H30N2O4/c1-18-16-20(9-10-21(18)26(3,32)17-30)25(31)28-14-12-27(13-15-28)24-11-8-19(2)29(24)22-6-4-5-7-23(22)33-27/h4-11,16,30,32H,12-15,17H2,1-3H3/t26-/m0/s1. The van der Waals surface area contributed by atoms with Crippen molar-refractivity contribution >= 4 is 5.91 Å². The zero-order chi connectivity index (χ0) is 23.4. The first-order valence-corrected chi connectivity index (χ1v) is 11.5. The summed E-state index contributed by atoms with van der Waals surface area (Å²) in [6.07, 6.45) is 1.43. The number of rotatable bonds is 3. The third-order valence-electron chi connectivity index (χ3n) is 7.17. The minimum atomic E-state index is -1.33. The van der Waals surface area contributed by atoms with Crippen LogP contribution in [0, 0.1) is 13.8 Å². The second-order valence-electron chi connectivity index (χ2n) is 9.51. The van der Waals surface area contributed by atoms with E-state index in [0.717, 1.165) is 22.7 Å². The summed E-state index contributed by atoms with van der Waals surface area (Å²) in [5.74, 6) is 0.858. The number of fused-ring (bicyclic) bond motifs is 4. The van der Waals surface area contributed by atoms with Gasteiger partial charge in [-0.3, -0.25) is 4.79 Å². The largest absolute Gasteiger partial charge is 0.479 e. The Kier molecular flexibility index (Phi) is 5.10. The van der Waals surface area contributed by atoms with E-state index in [0.29, 0.717) is 37.1 Å². The molecule has 1 spiro atoms. The molecular weight excluding hydrogens is 416 g/mol. The van der Waals surface area contributed by atoms with Crippen molar-refractivity contribution in [2.45, 2.75) is 44.8 Å². The lowest BCUT2D eigenvalue weighted by molar-refractivity contribution is -0.00957. The fourth-order valence-corrected chi connectivity index (χ4v) is 5.30. The van der Waals surface area contributed by atoms with Crippen molar-refractivity contribution in [3.63, 3.8) is 0 Å². The van der Waals surface area contributed by atoms with Crippen molar-refractivity contribution in [3.05, 3.63) is 82.7 Å². The monoisotopic (exact) mass is 446 g/mol. The first-order chi connectivity index (χ1) is 15.8. The number of hydrogen-bond acceptors (Lipinski definition) is 4. The molecule has 2 aliphatic rings. The Hall–Kier alpha value is -3.09. The molecule has 2 aliphatic heterocycles. The molecule has 33 heavy (non-hydrogen) atoms. The molecule has 0 saturated carbocycles. The molecule has 1 saturated heterocycles. The van der Waals surface area contributed by atoms with Crippen molar-refractivity contribution in [2.75, 3.05) is 19.7 Å². The minimum Gasteiger partial charge on any atom is -0.479 e. The molecule has 172 valence electrons. The van der Waals surface area contributed by atoms with Crippen LogP contribution in [0.1, 0.15) is 52.6 Å². The van der Waals surface area contributed by atoms with Gasteiger partial charge in [0.1, 0.15) is 11.4 Å². The fraction of sp³-hybridized carbons (Fsp3) is 0.370. The zero-order valence-electron chi connectivity index (χ0n) is 19.3. The molecule has 0 aliphatic carbocycles. The van der Waals surface area contributed by atoms with Crippen LogP contribution in [0.4, 0.5) is 0 Å². The van der Waals surface area contributed by atoms with E-state index in [-0.39, 0.29) is 12.5 Å². The van der Waals surface area contributed by atoms with Gasteiger partial charge in [0.05, 0.1) is 18.0 Å². The number of aryl methyl sites for hydroxylation is 2. The van der Waals surface area contributed by atoms with Crippen LogP contribution in [0.15, 0.2) is 54.6 Å². The summed E-state index contributed by atoms with van der Waals surface area (Å²) >= 11 is 0. The Morgan fingerprint density at radius 2 is 1.82 bits per heavy atom. The molecule has 1 atom stereocenters. The Morgan fingerprint density at radius 1 is 1.09 bits per heavy atom. The van der Waals surface area contributed by atoms with E-state index in [9.17, 15) is 15.0 Å². The van der Waals surface area contributed by atoms with E-state index >= 15 is 0 Å². The molecule has 0 bridgehead atoms. The van der Waals surface area contributed by atoms with Crippen molar-refractivity contribution in [1.29, 1.82) is 0 Å². The number of nitrogens with zero attached hydrogens (tertiary/aromatic N) is 2. The van der Waals surface area contributed by atoms with Crippen molar-refractivity contribution in [1.82, 2.24) is 9.47 Å². The Labute approximate surface area is 194 Å². The molecule has 0 unspecified atom stereocenters. The maximum Gasteiger partial charge on any atom is 0.253 e. The lowest BCUT2D eigenvalue weighted by atomic mass is 9.86. The molecule has 0 radical (unpaired) electrons. The Morgan fingerprint density at radius 3 is 2.52 bits per heavy atom. The van der Waals surface area contributed by atoms with Gasteiger partial charge in [0.2, 0.25) is 0 Å². The molecule has 6 nitrogen and oxygen atoms in total. The number of para-hydroxylation sites is 2. The molecule has 5 rings (SSSR count). The van der Waals surface area contributed by atoms with E-state index in [1.165, 1.54) is 5.69 Å². The van der Waals surface area contributed by atoms with Crippen LogP contribution in [0.3, 0.4) is 0 Å². The first-order valence-electron chi connectivity index (χ1n) is 11.5. The highest BCUT2D eigenvalue weighted by atomic mass is 16.5. The van der Waals surface area contributed by atoms with E-state index < -0.39 is 11.2 Å². The van der Waals surface area contributed by atoms with Gasteiger partial charge in [0.25, 0.3) is 5.91 Å². The average Bonchev–Trinajstić information content (AvgIpc) is 3.22. The van der Waals surface area contributed by atoms with Crippen molar-refractivity contribution < 1.29 is 19.7 Å². The number of carbonyl (C=O) groups is 1. The Bertz CT molecular complexity index is 1220. The van der Waals surface area contributed by atoms with Gasteiger partial charge in [-0.2, -0.15) is 0 Å². The van der Waals surface area contributed by atoms with Crippen LogP contribution >= 0.6 is 0 Å². The number of carbonyl (C=O) groups excluding carboxylic acids is 1. The molecular formula is C27H30N2O4. The van der Waals surface area contributed by atoms with Crippen molar-refractivity contribution in [2.24, 2.45) is 0 Å². The number of amides is 1. The predicted molar refractivity (Wildman–Crippen MR) is 126 cm³/mol. The minimum absolute atomic E-state index is 0.0223. The van der Waals surface area contributed by atoms with Gasteiger partial charge in [-0.15, -0.1) is 0 Å². The molecule has 1 fully saturated rings. The predicted octanol–water partition coefficient (Wildman–Crippen LogP) is 3.82. The highest BCUT2D eigenvalue weighted by Gasteiger charge is 2.45. The van der Waals surface area contributed by atoms with Crippen LogP contribution in [0.25, 0.3) is 5.69 Å². The van der Waals surface area contributed by atoms with Gasteiger partial charge in [-0.25, -0.2) is 0 Å². The van der Waals surface area contributed by atoms with Crippen molar-refractivity contribution in [3.8, 4) is 11.4 Å². The van der Waals surface area contributed by atoms with Gasteiger partial charge in [-0.05, 0) is 68.3 Å².